The van der Waals surface area contributed by atoms with Crippen molar-refractivity contribution in [3.63, 3.8) is 0 Å². The van der Waals surface area contributed by atoms with Crippen molar-refractivity contribution < 1.29 is 22.7 Å². The van der Waals surface area contributed by atoms with Gasteiger partial charge < -0.3 is 15.0 Å². The number of methoxy groups -OCH3 is 1. The molecule has 0 spiro atoms. The van der Waals surface area contributed by atoms with Gasteiger partial charge in [-0.15, -0.1) is 5.10 Å². The van der Waals surface area contributed by atoms with Gasteiger partial charge in [-0.05, 0) is 73.5 Å². The fourth-order valence-electron chi connectivity index (χ4n) is 4.69. The van der Waals surface area contributed by atoms with Gasteiger partial charge in [-0.1, -0.05) is 0 Å². The highest BCUT2D eigenvalue weighted by Gasteiger charge is 2.34. The van der Waals surface area contributed by atoms with Crippen LogP contribution in [-0.2, 0) is 14.6 Å². The van der Waals surface area contributed by atoms with Crippen LogP contribution in [0, 0.1) is 5.92 Å². The summed E-state index contributed by atoms with van der Waals surface area (Å²) in [4.78, 5) is 29.4. The Morgan fingerprint density at radius 2 is 1.68 bits per heavy atom. The number of carbonyl (C=O) groups excluding carboxylic acids is 2. The van der Waals surface area contributed by atoms with Crippen LogP contribution >= 0.6 is 0 Å². The number of aromatic nitrogens is 2. The fraction of sp³-hybridized carbons (Fsp3) is 0.333. The number of nitrogens with one attached hydrogen (secondary N) is 1. The number of rotatable bonds is 7. The van der Waals surface area contributed by atoms with Crippen molar-refractivity contribution in [3.05, 3.63) is 72.4 Å². The van der Waals surface area contributed by atoms with Gasteiger partial charge in [-0.2, -0.15) is 5.10 Å². The van der Waals surface area contributed by atoms with Crippen molar-refractivity contribution in [2.75, 3.05) is 38.2 Å². The van der Waals surface area contributed by atoms with E-state index in [2.05, 4.69) is 15.5 Å². The summed E-state index contributed by atoms with van der Waals surface area (Å²) < 4.78 is 32.0. The van der Waals surface area contributed by atoms with Gasteiger partial charge in [0.2, 0.25) is 5.91 Å². The number of likely N-dealkylation sites (tertiary alicyclic amines) is 1. The normalized spacial score (nSPS) is 16.5. The molecule has 0 unspecified atom stereocenters. The number of nitrogens with zero attached hydrogens (tertiary/aromatic N) is 4. The summed E-state index contributed by atoms with van der Waals surface area (Å²) in [6.45, 7) is 1.89. The van der Waals surface area contributed by atoms with Crippen LogP contribution < -0.4 is 15.0 Å². The second-order valence-electron chi connectivity index (χ2n) is 9.37. The third kappa shape index (κ3) is 5.11. The molecule has 5 rings (SSSR count). The second kappa shape index (κ2) is 10.9. The predicted octanol–water partition coefficient (Wildman–Crippen LogP) is 2.45. The molecular formula is C27H29N5O5S. The van der Waals surface area contributed by atoms with Gasteiger partial charge in [0.25, 0.3) is 5.91 Å². The average molecular weight is 536 g/mol. The molecule has 2 fully saturated rings. The Labute approximate surface area is 221 Å². The molecule has 0 aliphatic carbocycles. The summed E-state index contributed by atoms with van der Waals surface area (Å²) in [6.07, 6.45) is 2.23. The molecule has 2 aliphatic rings. The number of amides is 2. The number of hydrogen-bond donors (Lipinski definition) is 1. The lowest BCUT2D eigenvalue weighted by Crippen LogP contribution is -2.51. The molecule has 2 amide bonds. The Hall–Kier alpha value is -3.83. The summed E-state index contributed by atoms with van der Waals surface area (Å²) >= 11 is 0. The zero-order valence-corrected chi connectivity index (χ0v) is 21.8. The monoisotopic (exact) mass is 535 g/mol. The zero-order valence-electron chi connectivity index (χ0n) is 21.0. The zero-order chi connectivity index (χ0) is 26.7. The number of sulfone groups is 1. The molecule has 10 nitrogen and oxygen atoms in total. The van der Waals surface area contributed by atoms with E-state index in [4.69, 9.17) is 4.74 Å². The first-order valence-electron chi connectivity index (χ1n) is 12.5. The maximum Gasteiger partial charge on any atom is 0.253 e. The van der Waals surface area contributed by atoms with E-state index in [0.717, 1.165) is 0 Å². The molecule has 11 heteroatoms. The molecule has 198 valence electrons. The molecule has 2 saturated heterocycles. The predicted molar refractivity (Wildman–Crippen MR) is 141 cm³/mol. The Morgan fingerprint density at radius 1 is 1.00 bits per heavy atom. The van der Waals surface area contributed by atoms with Crippen LogP contribution in [0.4, 0.5) is 11.5 Å². The SMILES string of the molecule is COc1ccc(C(=O)N2CCC(S(=O)(=O)c3ccc(N(C(=O)C4CNC4)c4cccnn4)cc3)CC2)cc1. The number of benzene rings is 2. The van der Waals surface area contributed by atoms with Crippen molar-refractivity contribution in [3.8, 4) is 5.75 Å². The molecule has 1 aromatic heterocycles. The Balaban J connectivity index is 1.28. The standard InChI is InChI=1S/C27H29N5O5S/c1-37-22-8-4-19(5-9-22)26(33)31-15-12-24(13-16-31)38(35,36)23-10-6-21(7-11-23)32(25-3-2-14-29-30-25)27(34)20-17-28-18-20/h2-11,14,20,24,28H,12-13,15-18H2,1H3. The van der Waals surface area contributed by atoms with Crippen molar-refractivity contribution in [2.45, 2.75) is 23.0 Å². The Bertz CT molecular complexity index is 1390. The first-order chi connectivity index (χ1) is 18.4. The number of carbonyl (C=O) groups is 2. The van der Waals surface area contributed by atoms with E-state index < -0.39 is 15.1 Å². The van der Waals surface area contributed by atoms with Gasteiger partial charge in [0.15, 0.2) is 15.7 Å². The summed E-state index contributed by atoms with van der Waals surface area (Å²) in [6, 6.07) is 16.6. The molecule has 0 atom stereocenters. The van der Waals surface area contributed by atoms with E-state index in [0.29, 0.717) is 61.8 Å². The molecule has 0 bridgehead atoms. The number of ether oxygens (including phenoxy) is 1. The van der Waals surface area contributed by atoms with Crippen molar-refractivity contribution >= 4 is 33.2 Å². The minimum absolute atomic E-state index is 0.117. The van der Waals surface area contributed by atoms with E-state index >= 15 is 0 Å². The van der Waals surface area contributed by atoms with Crippen LogP contribution in [0.1, 0.15) is 23.2 Å². The van der Waals surface area contributed by atoms with Gasteiger partial charge in [-0.25, -0.2) is 8.42 Å². The van der Waals surface area contributed by atoms with Gasteiger partial charge >= 0.3 is 0 Å². The van der Waals surface area contributed by atoms with Gasteiger partial charge in [0.05, 0.1) is 28.9 Å². The number of anilines is 2. The number of piperidine rings is 1. The van der Waals surface area contributed by atoms with Crippen LogP contribution in [0.25, 0.3) is 0 Å². The Morgan fingerprint density at radius 3 is 2.24 bits per heavy atom. The fourth-order valence-corrected chi connectivity index (χ4v) is 6.43. The molecule has 0 radical (unpaired) electrons. The van der Waals surface area contributed by atoms with E-state index in [1.54, 1.807) is 60.5 Å². The van der Waals surface area contributed by atoms with Crippen molar-refractivity contribution in [1.29, 1.82) is 0 Å². The maximum atomic E-state index is 13.4. The molecule has 3 aromatic rings. The van der Waals surface area contributed by atoms with Gasteiger partial charge in [0.1, 0.15) is 5.75 Å². The summed E-state index contributed by atoms with van der Waals surface area (Å²) in [7, 11) is -2.05. The highest BCUT2D eigenvalue weighted by atomic mass is 32.2. The minimum Gasteiger partial charge on any atom is -0.497 e. The topological polar surface area (TPSA) is 122 Å². The lowest BCUT2D eigenvalue weighted by Gasteiger charge is -2.32. The first kappa shape index (κ1) is 25.8. The van der Waals surface area contributed by atoms with E-state index in [9.17, 15) is 18.0 Å². The molecule has 2 aromatic carbocycles. The summed E-state index contributed by atoms with van der Waals surface area (Å²) in [5.74, 6) is 0.638. The van der Waals surface area contributed by atoms with Crippen LogP contribution in [0.5, 0.6) is 5.75 Å². The average Bonchev–Trinajstić information content (AvgIpc) is 2.93. The molecule has 38 heavy (non-hydrogen) atoms. The highest BCUT2D eigenvalue weighted by molar-refractivity contribution is 7.92. The molecule has 3 heterocycles. The quantitative estimate of drug-likeness (QED) is 0.490. The van der Waals surface area contributed by atoms with Gasteiger partial charge in [-0.3, -0.25) is 14.5 Å². The van der Waals surface area contributed by atoms with E-state index in [1.165, 1.54) is 23.2 Å². The number of hydrogen-bond acceptors (Lipinski definition) is 8. The van der Waals surface area contributed by atoms with Crippen molar-refractivity contribution in [2.24, 2.45) is 5.92 Å². The van der Waals surface area contributed by atoms with E-state index in [-0.39, 0.29) is 22.6 Å². The largest absolute Gasteiger partial charge is 0.497 e. The maximum absolute atomic E-state index is 13.4. The smallest absolute Gasteiger partial charge is 0.253 e. The van der Waals surface area contributed by atoms with Gasteiger partial charge in [0, 0.05) is 37.9 Å². The minimum atomic E-state index is -3.62. The lowest BCUT2D eigenvalue weighted by molar-refractivity contribution is -0.123. The molecule has 1 N–H and O–H groups in total. The van der Waals surface area contributed by atoms with Crippen LogP contribution in [0.2, 0.25) is 0 Å². The summed E-state index contributed by atoms with van der Waals surface area (Å²) in [5, 5.41) is 10.5. The third-order valence-corrected chi connectivity index (χ3v) is 9.35. The van der Waals surface area contributed by atoms with Crippen LogP contribution in [0.15, 0.2) is 71.8 Å². The first-order valence-corrected chi connectivity index (χ1v) is 14.0. The molecule has 2 aliphatic heterocycles. The lowest BCUT2D eigenvalue weighted by atomic mass is 10.0. The Kier molecular flexibility index (Phi) is 7.39. The molecule has 0 saturated carbocycles. The van der Waals surface area contributed by atoms with Crippen molar-refractivity contribution in [1.82, 2.24) is 20.4 Å². The van der Waals surface area contributed by atoms with Crippen LogP contribution in [-0.4, -0.2) is 73.9 Å². The van der Waals surface area contributed by atoms with Crippen LogP contribution in [0.3, 0.4) is 0 Å². The molecular weight excluding hydrogens is 506 g/mol. The summed E-state index contributed by atoms with van der Waals surface area (Å²) in [5.41, 5.74) is 1.07. The third-order valence-electron chi connectivity index (χ3n) is 7.07. The highest BCUT2D eigenvalue weighted by Crippen LogP contribution is 2.30. The van der Waals surface area contributed by atoms with E-state index in [1.807, 2.05) is 0 Å². The second-order valence-corrected chi connectivity index (χ2v) is 11.6.